The summed E-state index contributed by atoms with van der Waals surface area (Å²) in [6, 6.07) is -0.826. The maximum absolute atomic E-state index is 14.2. The summed E-state index contributed by atoms with van der Waals surface area (Å²) in [6.45, 7) is 14.8. The first-order chi connectivity index (χ1) is 31.7. The molecule has 0 aliphatic rings. The normalized spacial score (nSPS) is 14.4. The Morgan fingerprint density at radius 3 is 1.76 bits per heavy atom. The highest BCUT2D eigenvalue weighted by atomic mass is 32.1. The lowest BCUT2D eigenvalue weighted by molar-refractivity contribution is -0.141. The molecule has 0 aliphatic heterocycles. The van der Waals surface area contributed by atoms with E-state index in [1.54, 1.807) is 12.1 Å². The molecule has 14 N–H and O–H groups in total. The number of hydrogen-bond donors (Lipinski definition) is 12. The van der Waals surface area contributed by atoms with Crippen molar-refractivity contribution in [1.29, 1.82) is 0 Å². The minimum Gasteiger partial charge on any atom is -0.508 e. The van der Waals surface area contributed by atoms with E-state index in [4.69, 9.17) is 17.2 Å². The number of allylic oxidation sites excluding steroid dienone is 5. The highest BCUT2D eigenvalue weighted by Gasteiger charge is 2.32. The molecule has 376 valence electrons. The monoisotopic (exact) mass is 957 g/mol. The van der Waals surface area contributed by atoms with Crippen molar-refractivity contribution in [3.05, 3.63) is 64.8 Å². The molecule has 0 saturated carbocycles. The zero-order valence-electron chi connectivity index (χ0n) is 40.7. The molecule has 19 heteroatoms. The number of carbonyl (C=O) groups excluding carboxylic acids is 5. The van der Waals surface area contributed by atoms with E-state index in [0.29, 0.717) is 37.9 Å². The van der Waals surface area contributed by atoms with Gasteiger partial charge in [-0.1, -0.05) is 60.9 Å². The van der Waals surface area contributed by atoms with Crippen LogP contribution in [0.1, 0.15) is 118 Å². The Kier molecular flexibility index (Phi) is 29.5. The molecule has 0 saturated heterocycles. The van der Waals surface area contributed by atoms with Gasteiger partial charge in [-0.25, -0.2) is 4.79 Å². The number of rotatable bonds is 33. The van der Waals surface area contributed by atoms with Crippen LogP contribution in [0.5, 0.6) is 5.75 Å². The number of hydrogen-bond acceptors (Lipinski definition) is 11. The molecule has 0 bridgehead atoms. The number of amides is 5. The number of carboxylic acids is 1. The lowest BCUT2D eigenvalue weighted by Gasteiger charge is -2.27. The van der Waals surface area contributed by atoms with Crippen molar-refractivity contribution in [2.24, 2.45) is 28.1 Å². The molecule has 0 heterocycles. The molecule has 1 rings (SSSR count). The summed E-state index contributed by atoms with van der Waals surface area (Å²) in [6.07, 6.45) is 12.2. The first-order valence-electron chi connectivity index (χ1n) is 23.2. The van der Waals surface area contributed by atoms with Gasteiger partial charge in [0, 0.05) is 25.3 Å². The lowest BCUT2D eigenvalue weighted by Crippen LogP contribution is -2.59. The highest BCUT2D eigenvalue weighted by Crippen LogP contribution is 2.14. The van der Waals surface area contributed by atoms with Crippen molar-refractivity contribution in [3.8, 4) is 5.75 Å². The van der Waals surface area contributed by atoms with Gasteiger partial charge in [-0.05, 0) is 129 Å². The van der Waals surface area contributed by atoms with Crippen LogP contribution in [0, 0.1) is 5.92 Å². The van der Waals surface area contributed by atoms with Gasteiger partial charge >= 0.3 is 5.97 Å². The smallest absolute Gasteiger partial charge is 0.327 e. The summed E-state index contributed by atoms with van der Waals surface area (Å²) < 4.78 is 0. The number of unbranched alkanes of at least 4 members (excludes halogenated alkanes) is 1. The van der Waals surface area contributed by atoms with Crippen LogP contribution in [0.15, 0.2) is 64.2 Å². The number of benzene rings is 1. The standard InChI is InChI=1S/C48H80N10O8S/c1-30(2)13-10-14-32(5)15-11-16-33(6)23-26-52-39(27-31(3)4)45(63)54-34(7)42(60)55-38(18-12-25-53-48(50)51)43(61)57-40(28-35-19-21-36(59)22-20-35)46(64)56-37(17-8-9-24-49)44(62)58-41(29-67)47(65)66/h13,15,19-23,31,34,37-41,52,59,67H,8-12,14,16-18,24-29,49H2,1-7H3,(H,54,63)(H,55,60)(H,56,64)(H,57,61)(H,58,62)(H,65,66)(H4,50,51,53). The number of nitrogens with zero attached hydrogens (tertiary/aromatic N) is 1. The van der Waals surface area contributed by atoms with Gasteiger partial charge in [0.15, 0.2) is 5.96 Å². The van der Waals surface area contributed by atoms with Crippen LogP contribution < -0.4 is 49.1 Å². The Labute approximate surface area is 403 Å². The molecular weight excluding hydrogens is 877 g/mol. The number of nitrogens with two attached hydrogens (primary N) is 3. The van der Waals surface area contributed by atoms with Gasteiger partial charge in [0.05, 0.1) is 6.04 Å². The third-order valence-corrected chi connectivity index (χ3v) is 11.0. The van der Waals surface area contributed by atoms with Crippen LogP contribution in [0.3, 0.4) is 0 Å². The van der Waals surface area contributed by atoms with E-state index in [0.717, 1.165) is 25.7 Å². The van der Waals surface area contributed by atoms with Gasteiger partial charge in [-0.2, -0.15) is 12.6 Å². The van der Waals surface area contributed by atoms with Crippen molar-refractivity contribution in [2.75, 3.05) is 25.4 Å². The topological polar surface area (TPSA) is 305 Å². The number of aliphatic carboxylic acids is 1. The summed E-state index contributed by atoms with van der Waals surface area (Å²) >= 11 is 4.02. The Balaban J connectivity index is 3.29. The van der Waals surface area contributed by atoms with Crippen molar-refractivity contribution in [2.45, 2.75) is 155 Å². The summed E-state index contributed by atoms with van der Waals surface area (Å²) in [7, 11) is 0. The van der Waals surface area contributed by atoms with E-state index in [1.807, 2.05) is 13.8 Å². The van der Waals surface area contributed by atoms with Crippen LogP contribution in [0.2, 0.25) is 0 Å². The van der Waals surface area contributed by atoms with E-state index < -0.39 is 65.8 Å². The van der Waals surface area contributed by atoms with Crippen LogP contribution in [0.25, 0.3) is 0 Å². The largest absolute Gasteiger partial charge is 0.508 e. The molecule has 0 radical (unpaired) electrons. The molecule has 0 fully saturated rings. The second kappa shape index (κ2) is 33.1. The van der Waals surface area contributed by atoms with Gasteiger partial charge in [0.25, 0.3) is 0 Å². The predicted molar refractivity (Wildman–Crippen MR) is 268 cm³/mol. The fourth-order valence-corrected chi connectivity index (χ4v) is 7.01. The fourth-order valence-electron chi connectivity index (χ4n) is 6.76. The number of nitrogens with one attached hydrogen (secondary N) is 6. The maximum Gasteiger partial charge on any atom is 0.327 e. The van der Waals surface area contributed by atoms with Gasteiger partial charge in [0.2, 0.25) is 29.5 Å². The Morgan fingerprint density at radius 1 is 0.687 bits per heavy atom. The number of guanidine groups is 1. The van der Waals surface area contributed by atoms with Crippen molar-refractivity contribution in [3.63, 3.8) is 0 Å². The molecule has 0 aromatic heterocycles. The second-order valence-electron chi connectivity index (χ2n) is 17.6. The summed E-state index contributed by atoms with van der Waals surface area (Å²) in [5, 5.41) is 36.0. The summed E-state index contributed by atoms with van der Waals surface area (Å²) in [4.78, 5) is 84.6. The van der Waals surface area contributed by atoms with E-state index in [9.17, 15) is 39.0 Å². The molecule has 1 aromatic rings. The number of thiol groups is 1. The van der Waals surface area contributed by atoms with Crippen LogP contribution in [-0.4, -0.2) is 113 Å². The van der Waals surface area contributed by atoms with Crippen molar-refractivity contribution in [1.82, 2.24) is 31.9 Å². The quantitative estimate of drug-likeness (QED) is 0.0159. The van der Waals surface area contributed by atoms with Gasteiger partial charge in [0.1, 0.15) is 36.0 Å². The molecule has 67 heavy (non-hydrogen) atoms. The van der Waals surface area contributed by atoms with Crippen LogP contribution in [-0.2, 0) is 35.2 Å². The molecule has 0 aliphatic carbocycles. The van der Waals surface area contributed by atoms with Crippen molar-refractivity contribution >= 4 is 54.1 Å². The first kappa shape index (κ1) is 59.6. The predicted octanol–water partition coefficient (Wildman–Crippen LogP) is 3.00. The number of phenolic OH excluding ortho intramolecular Hbond substituents is 1. The number of carbonyl (C=O) groups is 6. The summed E-state index contributed by atoms with van der Waals surface area (Å²) in [5.41, 5.74) is 21.1. The highest BCUT2D eigenvalue weighted by molar-refractivity contribution is 7.80. The van der Waals surface area contributed by atoms with Crippen LogP contribution >= 0.6 is 12.6 Å². The zero-order valence-corrected chi connectivity index (χ0v) is 41.6. The lowest BCUT2D eigenvalue weighted by atomic mass is 10.0. The Morgan fingerprint density at radius 2 is 1.21 bits per heavy atom. The molecule has 5 amide bonds. The minimum absolute atomic E-state index is 0.0268. The number of aliphatic imine (C=N–C) groups is 1. The second-order valence-corrected chi connectivity index (χ2v) is 18.0. The van der Waals surface area contributed by atoms with Gasteiger partial charge in [-0.3, -0.25) is 29.0 Å². The van der Waals surface area contributed by atoms with E-state index in [1.165, 1.54) is 35.8 Å². The molecule has 1 aromatic carbocycles. The molecule has 6 unspecified atom stereocenters. The first-order valence-corrected chi connectivity index (χ1v) is 23.9. The van der Waals surface area contributed by atoms with Gasteiger partial charge < -0.3 is 59.3 Å². The molecular formula is C48H80N10O8S. The average Bonchev–Trinajstić information content (AvgIpc) is 3.25. The third kappa shape index (κ3) is 26.5. The number of phenols is 1. The number of aromatic hydroxyl groups is 1. The SMILES string of the molecule is CC(C)=CCCC(C)=CCCC(C)=CCNC(CC(C)C)C(=O)NC(C)C(=O)NC(CCCN=C(N)N)C(=O)NC(Cc1ccc(O)cc1)C(=O)NC(CCCCN)C(=O)NC(CS)C(=O)O. The van der Waals surface area contributed by atoms with Gasteiger partial charge in [-0.15, -0.1) is 0 Å². The summed E-state index contributed by atoms with van der Waals surface area (Å²) in [5.74, 6) is -4.88. The fraction of sp³-hybridized carbons (Fsp3) is 0.604. The van der Waals surface area contributed by atoms with E-state index >= 15 is 0 Å². The minimum atomic E-state index is -1.33. The van der Waals surface area contributed by atoms with E-state index in [-0.39, 0.29) is 61.5 Å². The Hall–Kier alpha value is -5.40. The third-order valence-electron chi connectivity index (χ3n) is 10.7. The van der Waals surface area contributed by atoms with E-state index in [2.05, 4.69) is 95.4 Å². The maximum atomic E-state index is 14.2. The average molecular weight is 957 g/mol. The zero-order chi connectivity index (χ0) is 50.5. The molecule has 6 atom stereocenters. The van der Waals surface area contributed by atoms with Crippen LogP contribution in [0.4, 0.5) is 0 Å². The number of carboxylic acid groups (broad SMARTS) is 1. The van der Waals surface area contributed by atoms with Crippen molar-refractivity contribution < 1.29 is 39.0 Å². The molecule has 18 nitrogen and oxygen atoms in total. The Bertz CT molecular complexity index is 1850. The molecule has 0 spiro atoms.